The number of pyridine rings is 1. The first-order valence-corrected chi connectivity index (χ1v) is 8.04. The summed E-state index contributed by atoms with van der Waals surface area (Å²) in [5.41, 5.74) is 5.71. The standard InChI is InChI=1S/C20H17N3O/c24-20(23-22-12-14-6-2-1-3-7-14)18-11-17(18)16-10-15-8-4-5-9-19(15)21-13-16/h1-10,12-13,17-18H,11H2,(H,23,24)/b22-12+. The second-order valence-electron chi connectivity index (χ2n) is 6.05. The fourth-order valence-electron chi connectivity index (χ4n) is 2.94. The van der Waals surface area contributed by atoms with Gasteiger partial charge in [0.25, 0.3) is 0 Å². The fraction of sp³-hybridized carbons (Fsp3) is 0.150. The van der Waals surface area contributed by atoms with Crippen LogP contribution in [0.15, 0.2) is 72.0 Å². The van der Waals surface area contributed by atoms with Gasteiger partial charge in [-0.1, -0.05) is 48.5 Å². The van der Waals surface area contributed by atoms with Gasteiger partial charge in [0.1, 0.15) is 0 Å². The number of hydrazone groups is 1. The Balaban J connectivity index is 1.40. The van der Waals surface area contributed by atoms with Crippen LogP contribution in [0.2, 0.25) is 0 Å². The molecule has 2 aromatic carbocycles. The molecule has 4 heteroatoms. The molecule has 4 rings (SSSR count). The number of rotatable bonds is 4. The zero-order valence-electron chi connectivity index (χ0n) is 13.1. The third-order valence-corrected chi connectivity index (χ3v) is 4.35. The predicted octanol–water partition coefficient (Wildman–Crippen LogP) is 3.49. The third-order valence-electron chi connectivity index (χ3n) is 4.35. The van der Waals surface area contributed by atoms with Crippen LogP contribution in [0.5, 0.6) is 0 Å². The van der Waals surface area contributed by atoms with Crippen LogP contribution < -0.4 is 5.43 Å². The molecule has 0 aliphatic heterocycles. The molecule has 1 aromatic heterocycles. The number of nitrogens with zero attached hydrogens (tertiary/aromatic N) is 2. The minimum Gasteiger partial charge on any atom is -0.273 e. The summed E-state index contributed by atoms with van der Waals surface area (Å²) in [5.74, 6) is 0.204. The van der Waals surface area contributed by atoms with Gasteiger partial charge in [-0.15, -0.1) is 0 Å². The maximum Gasteiger partial charge on any atom is 0.243 e. The maximum absolute atomic E-state index is 12.2. The van der Waals surface area contributed by atoms with Gasteiger partial charge in [0.2, 0.25) is 5.91 Å². The Morgan fingerprint density at radius 3 is 2.79 bits per heavy atom. The lowest BCUT2D eigenvalue weighted by Gasteiger charge is -2.02. The number of carbonyl (C=O) groups is 1. The normalized spacial score (nSPS) is 19.5. The highest BCUT2D eigenvalue weighted by molar-refractivity contribution is 5.86. The number of hydrogen-bond acceptors (Lipinski definition) is 3. The molecule has 24 heavy (non-hydrogen) atoms. The summed E-state index contributed by atoms with van der Waals surface area (Å²) < 4.78 is 0. The van der Waals surface area contributed by atoms with E-state index in [0.29, 0.717) is 0 Å². The van der Waals surface area contributed by atoms with Crippen LogP contribution in [0.1, 0.15) is 23.5 Å². The molecule has 0 radical (unpaired) electrons. The van der Waals surface area contributed by atoms with Crippen molar-refractivity contribution in [3.05, 3.63) is 78.0 Å². The van der Waals surface area contributed by atoms with Gasteiger partial charge in [-0.25, -0.2) is 5.43 Å². The van der Waals surface area contributed by atoms with E-state index in [0.717, 1.165) is 28.5 Å². The Hall–Kier alpha value is -3.01. The van der Waals surface area contributed by atoms with E-state index in [-0.39, 0.29) is 17.7 Å². The Bertz CT molecular complexity index is 905. The molecule has 2 unspecified atom stereocenters. The highest BCUT2D eigenvalue weighted by Crippen LogP contribution is 2.47. The summed E-state index contributed by atoms with van der Waals surface area (Å²) in [5, 5.41) is 5.15. The van der Waals surface area contributed by atoms with Crippen molar-refractivity contribution < 1.29 is 4.79 Å². The molecule has 1 aliphatic rings. The number of aromatic nitrogens is 1. The molecule has 1 amide bonds. The van der Waals surface area contributed by atoms with E-state index in [1.165, 1.54) is 0 Å². The van der Waals surface area contributed by atoms with E-state index < -0.39 is 0 Å². The van der Waals surface area contributed by atoms with Crippen molar-refractivity contribution in [2.24, 2.45) is 11.0 Å². The average molecular weight is 315 g/mol. The van der Waals surface area contributed by atoms with E-state index >= 15 is 0 Å². The molecular formula is C20H17N3O. The largest absolute Gasteiger partial charge is 0.273 e. The lowest BCUT2D eigenvalue weighted by atomic mass is 10.1. The quantitative estimate of drug-likeness (QED) is 0.592. The van der Waals surface area contributed by atoms with E-state index in [1.807, 2.05) is 60.8 Å². The number of para-hydroxylation sites is 1. The molecule has 1 saturated carbocycles. The minimum atomic E-state index is -0.0275. The van der Waals surface area contributed by atoms with Gasteiger partial charge in [0.05, 0.1) is 11.7 Å². The summed E-state index contributed by atoms with van der Waals surface area (Å²) in [6.07, 6.45) is 4.40. The van der Waals surface area contributed by atoms with Gasteiger partial charge >= 0.3 is 0 Å². The SMILES string of the molecule is O=C(N/N=C/c1ccccc1)C1CC1c1cnc2ccccc2c1. The molecular weight excluding hydrogens is 298 g/mol. The van der Waals surface area contributed by atoms with Crippen LogP contribution in [0.3, 0.4) is 0 Å². The molecule has 0 bridgehead atoms. The molecule has 1 N–H and O–H groups in total. The molecule has 0 spiro atoms. The summed E-state index contributed by atoms with van der Waals surface area (Å²) in [6, 6.07) is 19.9. The Labute approximate surface area is 140 Å². The van der Waals surface area contributed by atoms with Crippen LogP contribution in [-0.2, 0) is 4.79 Å². The number of carbonyl (C=O) groups excluding carboxylic acids is 1. The number of fused-ring (bicyclic) bond motifs is 1. The Morgan fingerprint density at radius 2 is 1.92 bits per heavy atom. The molecule has 1 fully saturated rings. The number of nitrogens with one attached hydrogen (secondary N) is 1. The van der Waals surface area contributed by atoms with E-state index in [1.54, 1.807) is 6.21 Å². The molecule has 3 aromatic rings. The van der Waals surface area contributed by atoms with E-state index in [9.17, 15) is 4.79 Å². The zero-order chi connectivity index (χ0) is 16.4. The first-order chi connectivity index (χ1) is 11.8. The molecule has 0 saturated heterocycles. The highest BCUT2D eigenvalue weighted by atomic mass is 16.2. The van der Waals surface area contributed by atoms with E-state index in [2.05, 4.69) is 21.6 Å². The van der Waals surface area contributed by atoms with Crippen LogP contribution >= 0.6 is 0 Å². The first-order valence-electron chi connectivity index (χ1n) is 8.04. The summed E-state index contributed by atoms with van der Waals surface area (Å²) in [6.45, 7) is 0. The van der Waals surface area contributed by atoms with Gasteiger partial charge in [-0.3, -0.25) is 9.78 Å². The van der Waals surface area contributed by atoms with Crippen molar-refractivity contribution in [1.29, 1.82) is 0 Å². The van der Waals surface area contributed by atoms with Crippen molar-refractivity contribution in [2.45, 2.75) is 12.3 Å². The fourth-order valence-corrected chi connectivity index (χ4v) is 2.94. The van der Waals surface area contributed by atoms with Crippen molar-refractivity contribution in [2.75, 3.05) is 0 Å². The topological polar surface area (TPSA) is 54.4 Å². The maximum atomic E-state index is 12.2. The van der Waals surface area contributed by atoms with Gasteiger partial charge < -0.3 is 0 Å². The van der Waals surface area contributed by atoms with Crippen LogP contribution in [0.25, 0.3) is 10.9 Å². The molecule has 2 atom stereocenters. The summed E-state index contributed by atoms with van der Waals surface area (Å²) >= 11 is 0. The average Bonchev–Trinajstić information content (AvgIpc) is 3.43. The van der Waals surface area contributed by atoms with Crippen molar-refractivity contribution in [1.82, 2.24) is 10.4 Å². The van der Waals surface area contributed by atoms with Crippen molar-refractivity contribution in [3.8, 4) is 0 Å². The molecule has 1 heterocycles. The highest BCUT2D eigenvalue weighted by Gasteiger charge is 2.44. The molecule has 118 valence electrons. The van der Waals surface area contributed by atoms with Crippen molar-refractivity contribution in [3.63, 3.8) is 0 Å². The zero-order valence-corrected chi connectivity index (χ0v) is 13.1. The van der Waals surface area contributed by atoms with Gasteiger partial charge in [-0.05, 0) is 35.6 Å². The number of benzene rings is 2. The van der Waals surface area contributed by atoms with Gasteiger partial charge in [-0.2, -0.15) is 5.10 Å². The predicted molar refractivity (Wildman–Crippen MR) is 94.8 cm³/mol. The second-order valence-corrected chi connectivity index (χ2v) is 6.05. The lowest BCUT2D eigenvalue weighted by Crippen LogP contribution is -2.20. The smallest absolute Gasteiger partial charge is 0.243 e. The van der Waals surface area contributed by atoms with E-state index in [4.69, 9.17) is 0 Å². The lowest BCUT2D eigenvalue weighted by molar-refractivity contribution is -0.122. The van der Waals surface area contributed by atoms with Gasteiger partial charge in [0.15, 0.2) is 0 Å². The van der Waals surface area contributed by atoms with Crippen LogP contribution in [0, 0.1) is 5.92 Å². The monoisotopic (exact) mass is 315 g/mol. The van der Waals surface area contributed by atoms with Crippen LogP contribution in [0.4, 0.5) is 0 Å². The van der Waals surface area contributed by atoms with Crippen LogP contribution in [-0.4, -0.2) is 17.1 Å². The van der Waals surface area contributed by atoms with Gasteiger partial charge in [0, 0.05) is 17.5 Å². The number of amides is 1. The molecule has 1 aliphatic carbocycles. The van der Waals surface area contributed by atoms with Crippen molar-refractivity contribution >= 4 is 23.0 Å². The summed E-state index contributed by atoms with van der Waals surface area (Å²) in [7, 11) is 0. The Kier molecular flexibility index (Phi) is 3.79. The Morgan fingerprint density at radius 1 is 1.12 bits per heavy atom. The first kappa shape index (κ1) is 14.6. The summed E-state index contributed by atoms with van der Waals surface area (Å²) in [4.78, 5) is 16.7. The second kappa shape index (κ2) is 6.24. The molecule has 4 nitrogen and oxygen atoms in total. The third kappa shape index (κ3) is 3.04. The minimum absolute atomic E-state index is 0.0131. The number of hydrogen-bond donors (Lipinski definition) is 1.